The van der Waals surface area contributed by atoms with Crippen molar-refractivity contribution in [3.8, 4) is 0 Å². The van der Waals surface area contributed by atoms with Crippen LogP contribution in [-0.2, 0) is 0 Å². The highest BCUT2D eigenvalue weighted by Gasteiger charge is 2.16. The number of amides is 4. The molecule has 8 heteroatoms. The van der Waals surface area contributed by atoms with E-state index in [-0.39, 0.29) is 17.9 Å². The Morgan fingerprint density at radius 3 is 2.29 bits per heavy atom. The van der Waals surface area contributed by atoms with Gasteiger partial charge in [0.15, 0.2) is 0 Å². The SMILES string of the molecule is O=C(NCCCN(C(=O)Nc1ccccc1)c1ccc(F)cc1)Nc1cccc(Br)c1. The first-order valence-corrected chi connectivity index (χ1v) is 10.5. The van der Waals surface area contributed by atoms with Crippen molar-refractivity contribution in [3.63, 3.8) is 0 Å². The molecular weight excluding hydrogens is 463 g/mol. The van der Waals surface area contributed by atoms with E-state index in [4.69, 9.17) is 0 Å². The summed E-state index contributed by atoms with van der Waals surface area (Å²) in [6, 6.07) is 21.4. The third-order valence-corrected chi connectivity index (χ3v) is 4.83. The molecule has 0 saturated heterocycles. The Balaban J connectivity index is 1.56. The standard InChI is InChI=1S/C23H22BrFN4O2/c24-17-6-4-9-20(16-17)27-22(30)26-14-5-15-29(21-12-10-18(25)11-13-21)23(31)28-19-7-2-1-3-8-19/h1-4,6-13,16H,5,14-15H2,(H,28,31)(H2,26,27,30). The molecule has 0 aromatic heterocycles. The molecule has 160 valence electrons. The Bertz CT molecular complexity index is 1020. The van der Waals surface area contributed by atoms with Gasteiger partial charge in [0.1, 0.15) is 5.82 Å². The minimum absolute atomic E-state index is 0.333. The Kier molecular flexibility index (Phi) is 8.00. The minimum atomic E-state index is -0.377. The second kappa shape index (κ2) is 11.1. The lowest BCUT2D eigenvalue weighted by Crippen LogP contribution is -2.38. The lowest BCUT2D eigenvalue weighted by Gasteiger charge is -2.23. The quantitative estimate of drug-likeness (QED) is 0.368. The van der Waals surface area contributed by atoms with Gasteiger partial charge >= 0.3 is 12.1 Å². The van der Waals surface area contributed by atoms with Gasteiger partial charge in [0.2, 0.25) is 0 Å². The first-order valence-electron chi connectivity index (χ1n) is 9.71. The van der Waals surface area contributed by atoms with Gasteiger partial charge in [-0.25, -0.2) is 14.0 Å². The minimum Gasteiger partial charge on any atom is -0.338 e. The Labute approximate surface area is 188 Å². The van der Waals surface area contributed by atoms with E-state index in [0.29, 0.717) is 36.6 Å². The first kappa shape index (κ1) is 22.3. The summed E-state index contributed by atoms with van der Waals surface area (Å²) in [7, 11) is 0. The number of carbonyl (C=O) groups excluding carboxylic acids is 2. The number of para-hydroxylation sites is 1. The number of halogens is 2. The Hall–Kier alpha value is -3.39. The van der Waals surface area contributed by atoms with Gasteiger partial charge in [0, 0.05) is 34.6 Å². The number of urea groups is 2. The molecule has 31 heavy (non-hydrogen) atoms. The van der Waals surface area contributed by atoms with Crippen LogP contribution in [0.3, 0.4) is 0 Å². The normalized spacial score (nSPS) is 10.3. The lowest BCUT2D eigenvalue weighted by molar-refractivity contribution is 0.252. The summed E-state index contributed by atoms with van der Waals surface area (Å²) in [6.45, 7) is 0.692. The third kappa shape index (κ3) is 7.11. The van der Waals surface area contributed by atoms with E-state index in [0.717, 1.165) is 4.47 Å². The van der Waals surface area contributed by atoms with Gasteiger partial charge in [-0.1, -0.05) is 40.2 Å². The molecule has 0 spiro atoms. The summed E-state index contributed by atoms with van der Waals surface area (Å²) < 4.78 is 14.2. The van der Waals surface area contributed by atoms with Crippen molar-refractivity contribution in [1.82, 2.24) is 5.32 Å². The van der Waals surface area contributed by atoms with Gasteiger partial charge in [-0.3, -0.25) is 4.90 Å². The molecule has 0 radical (unpaired) electrons. The number of hydrogen-bond donors (Lipinski definition) is 3. The molecule has 3 aromatic carbocycles. The van der Waals surface area contributed by atoms with Crippen molar-refractivity contribution in [1.29, 1.82) is 0 Å². The summed E-state index contributed by atoms with van der Waals surface area (Å²) in [5, 5.41) is 8.35. The van der Waals surface area contributed by atoms with Crippen LogP contribution in [0.1, 0.15) is 6.42 Å². The van der Waals surface area contributed by atoms with E-state index in [9.17, 15) is 14.0 Å². The van der Waals surface area contributed by atoms with Gasteiger partial charge in [-0.05, 0) is 61.0 Å². The zero-order chi connectivity index (χ0) is 22.1. The van der Waals surface area contributed by atoms with E-state index in [1.807, 2.05) is 30.3 Å². The fourth-order valence-electron chi connectivity index (χ4n) is 2.86. The maximum absolute atomic E-state index is 13.3. The van der Waals surface area contributed by atoms with E-state index < -0.39 is 0 Å². The van der Waals surface area contributed by atoms with E-state index in [1.165, 1.54) is 17.0 Å². The summed E-state index contributed by atoms with van der Waals surface area (Å²) in [4.78, 5) is 26.4. The molecule has 0 unspecified atom stereocenters. The number of rotatable bonds is 7. The van der Waals surface area contributed by atoms with E-state index >= 15 is 0 Å². The van der Waals surface area contributed by atoms with Gasteiger partial charge in [0.05, 0.1) is 0 Å². The van der Waals surface area contributed by atoms with Crippen molar-refractivity contribution >= 4 is 45.1 Å². The number of carbonyl (C=O) groups is 2. The van der Waals surface area contributed by atoms with Crippen LogP contribution in [0, 0.1) is 5.82 Å². The molecular formula is C23H22BrFN4O2. The number of hydrogen-bond acceptors (Lipinski definition) is 2. The summed E-state index contributed by atoms with van der Waals surface area (Å²) in [5.74, 6) is -0.377. The van der Waals surface area contributed by atoms with Crippen LogP contribution in [0.2, 0.25) is 0 Å². The molecule has 0 atom stereocenters. The Morgan fingerprint density at radius 2 is 1.58 bits per heavy atom. The highest BCUT2D eigenvalue weighted by Crippen LogP contribution is 2.18. The topological polar surface area (TPSA) is 73.5 Å². The molecule has 0 aliphatic heterocycles. The van der Waals surface area contributed by atoms with Crippen molar-refractivity contribution in [2.75, 3.05) is 28.6 Å². The molecule has 0 saturated carbocycles. The number of anilines is 3. The van der Waals surface area contributed by atoms with Gasteiger partial charge in [-0.15, -0.1) is 0 Å². The van der Waals surface area contributed by atoms with Crippen LogP contribution in [0.5, 0.6) is 0 Å². The molecule has 0 heterocycles. The maximum atomic E-state index is 13.3. The van der Waals surface area contributed by atoms with Gasteiger partial charge < -0.3 is 16.0 Å². The molecule has 3 aromatic rings. The van der Waals surface area contributed by atoms with Crippen LogP contribution in [-0.4, -0.2) is 25.2 Å². The molecule has 0 fully saturated rings. The van der Waals surface area contributed by atoms with Crippen LogP contribution in [0.15, 0.2) is 83.3 Å². The number of nitrogens with one attached hydrogen (secondary N) is 3. The summed E-state index contributed by atoms with van der Waals surface area (Å²) in [6.07, 6.45) is 0.505. The highest BCUT2D eigenvalue weighted by atomic mass is 79.9. The Morgan fingerprint density at radius 1 is 0.871 bits per heavy atom. The largest absolute Gasteiger partial charge is 0.338 e. The van der Waals surface area contributed by atoms with E-state index in [1.54, 1.807) is 36.4 Å². The van der Waals surface area contributed by atoms with Crippen LogP contribution in [0.4, 0.5) is 31.0 Å². The zero-order valence-corrected chi connectivity index (χ0v) is 18.2. The fourth-order valence-corrected chi connectivity index (χ4v) is 3.26. The molecule has 6 nitrogen and oxygen atoms in total. The summed E-state index contributed by atoms with van der Waals surface area (Å²) >= 11 is 3.36. The average Bonchev–Trinajstić information content (AvgIpc) is 2.75. The number of nitrogens with zero attached hydrogens (tertiary/aromatic N) is 1. The smallest absolute Gasteiger partial charge is 0.326 e. The second-order valence-electron chi connectivity index (χ2n) is 6.67. The van der Waals surface area contributed by atoms with Crippen molar-refractivity contribution in [2.45, 2.75) is 6.42 Å². The average molecular weight is 485 g/mol. The van der Waals surface area contributed by atoms with Crippen LogP contribution in [0.25, 0.3) is 0 Å². The van der Waals surface area contributed by atoms with Crippen molar-refractivity contribution in [3.05, 3.63) is 89.2 Å². The van der Waals surface area contributed by atoms with Crippen LogP contribution >= 0.6 is 15.9 Å². The fraction of sp³-hybridized carbons (Fsp3) is 0.130. The molecule has 4 amide bonds. The van der Waals surface area contributed by atoms with Gasteiger partial charge in [0.25, 0.3) is 0 Å². The lowest BCUT2D eigenvalue weighted by atomic mass is 10.2. The maximum Gasteiger partial charge on any atom is 0.326 e. The molecule has 3 rings (SSSR count). The first-order chi connectivity index (χ1) is 15.0. The van der Waals surface area contributed by atoms with Gasteiger partial charge in [-0.2, -0.15) is 0 Å². The molecule has 0 aliphatic carbocycles. The molecule has 0 aliphatic rings. The number of benzene rings is 3. The predicted octanol–water partition coefficient (Wildman–Crippen LogP) is 5.84. The van der Waals surface area contributed by atoms with Crippen LogP contribution < -0.4 is 20.9 Å². The predicted molar refractivity (Wildman–Crippen MR) is 125 cm³/mol. The third-order valence-electron chi connectivity index (χ3n) is 4.34. The second-order valence-corrected chi connectivity index (χ2v) is 7.58. The van der Waals surface area contributed by atoms with Crippen molar-refractivity contribution in [2.24, 2.45) is 0 Å². The summed E-state index contributed by atoms with van der Waals surface area (Å²) in [5.41, 5.74) is 1.89. The molecule has 3 N–H and O–H groups in total. The highest BCUT2D eigenvalue weighted by molar-refractivity contribution is 9.10. The van der Waals surface area contributed by atoms with Crippen molar-refractivity contribution < 1.29 is 14.0 Å². The monoisotopic (exact) mass is 484 g/mol. The van der Waals surface area contributed by atoms with E-state index in [2.05, 4.69) is 31.9 Å². The zero-order valence-electron chi connectivity index (χ0n) is 16.6. The molecule has 0 bridgehead atoms.